The second-order valence-electron chi connectivity index (χ2n) is 8.63. The maximum Gasteiger partial charge on any atom is 0.257 e. The highest BCUT2D eigenvalue weighted by molar-refractivity contribution is 6.31. The van der Waals surface area contributed by atoms with Crippen molar-refractivity contribution in [1.82, 2.24) is 19.7 Å². The molecule has 0 bridgehead atoms. The number of halogens is 1. The van der Waals surface area contributed by atoms with Crippen LogP contribution in [0.25, 0.3) is 27.6 Å². The number of pyridine rings is 2. The number of fused-ring (bicyclic) bond motifs is 3. The van der Waals surface area contributed by atoms with Crippen molar-refractivity contribution in [2.24, 2.45) is 0 Å². The van der Waals surface area contributed by atoms with E-state index in [9.17, 15) is 10.1 Å². The van der Waals surface area contributed by atoms with Crippen molar-refractivity contribution < 1.29 is 4.79 Å². The number of aryl methyl sites for hydroxylation is 2. The number of nitrogens with one attached hydrogen (secondary N) is 1. The van der Waals surface area contributed by atoms with Crippen LogP contribution < -0.4 is 5.32 Å². The Bertz CT molecular complexity index is 1720. The number of benzene rings is 2. The molecule has 7 nitrogen and oxygen atoms in total. The van der Waals surface area contributed by atoms with Gasteiger partial charge in [0.15, 0.2) is 11.6 Å². The van der Waals surface area contributed by atoms with Gasteiger partial charge in [-0.15, -0.1) is 0 Å². The van der Waals surface area contributed by atoms with Crippen LogP contribution in [0.4, 0.5) is 5.82 Å². The zero-order chi connectivity index (χ0) is 24.1. The zero-order valence-corrected chi connectivity index (χ0v) is 19.6. The summed E-state index contributed by atoms with van der Waals surface area (Å²) in [7, 11) is 0. The van der Waals surface area contributed by atoms with Gasteiger partial charge >= 0.3 is 0 Å². The molecule has 1 N–H and O–H groups in total. The zero-order valence-electron chi connectivity index (χ0n) is 18.8. The lowest BCUT2D eigenvalue weighted by molar-refractivity contribution is 0.102. The van der Waals surface area contributed by atoms with Gasteiger partial charge in [-0.1, -0.05) is 29.8 Å². The highest BCUT2D eigenvalue weighted by Gasteiger charge is 2.26. The number of hydrogen-bond acceptors (Lipinski definition) is 5. The van der Waals surface area contributed by atoms with E-state index in [0.29, 0.717) is 21.8 Å². The Morgan fingerprint density at radius 3 is 2.77 bits per heavy atom. The van der Waals surface area contributed by atoms with Crippen LogP contribution >= 0.6 is 11.6 Å². The van der Waals surface area contributed by atoms with E-state index in [2.05, 4.69) is 16.5 Å². The van der Waals surface area contributed by atoms with E-state index >= 15 is 0 Å². The number of carbonyl (C=O) groups is 1. The second-order valence-corrected chi connectivity index (χ2v) is 9.06. The van der Waals surface area contributed by atoms with Crippen molar-refractivity contribution in [3.05, 3.63) is 87.7 Å². The maximum absolute atomic E-state index is 13.8. The standard InChI is InChI=1S/C27H19ClN6O/c1-15-11-24(32-21-7-3-2-5-18(15)21)34-26(16(13-29)14-30-34)33-27(35)25-19-6-4-8-22(19)31-23-10-9-17(28)12-20(23)25/h2-3,5,7,9-12,14H,4,6,8H2,1H3,(H,33,35). The fraction of sp³-hybridized carbons (Fsp3) is 0.148. The largest absolute Gasteiger partial charge is 0.305 e. The number of anilines is 1. The molecule has 0 saturated carbocycles. The van der Waals surface area contributed by atoms with Crippen molar-refractivity contribution in [3.8, 4) is 11.9 Å². The Labute approximate surface area is 206 Å². The van der Waals surface area contributed by atoms with E-state index in [1.807, 2.05) is 43.3 Å². The SMILES string of the molecule is Cc1cc(-n2ncc(C#N)c2NC(=O)c2c3c(nc4ccc(Cl)cc24)CCC3)nc2ccccc12. The molecule has 3 heterocycles. The van der Waals surface area contributed by atoms with E-state index in [0.717, 1.165) is 52.5 Å². The van der Waals surface area contributed by atoms with Crippen LogP contribution in [-0.4, -0.2) is 25.7 Å². The van der Waals surface area contributed by atoms with Crippen molar-refractivity contribution in [2.75, 3.05) is 5.32 Å². The lowest BCUT2D eigenvalue weighted by Crippen LogP contribution is -2.19. The predicted octanol–water partition coefficient (Wildman–Crippen LogP) is 5.54. The molecule has 0 saturated heterocycles. The molecule has 6 rings (SSSR count). The van der Waals surface area contributed by atoms with Crippen LogP contribution in [0.2, 0.25) is 5.02 Å². The van der Waals surface area contributed by atoms with Gasteiger partial charge in [0.05, 0.1) is 22.8 Å². The van der Waals surface area contributed by atoms with Crippen LogP contribution in [0.5, 0.6) is 0 Å². The number of rotatable bonds is 3. The summed E-state index contributed by atoms with van der Waals surface area (Å²) in [4.78, 5) is 23.3. The van der Waals surface area contributed by atoms with Gasteiger partial charge in [0.25, 0.3) is 5.91 Å². The van der Waals surface area contributed by atoms with E-state index < -0.39 is 0 Å². The minimum atomic E-state index is -0.325. The monoisotopic (exact) mass is 478 g/mol. The molecule has 0 spiro atoms. The van der Waals surface area contributed by atoms with Crippen molar-refractivity contribution in [1.29, 1.82) is 5.26 Å². The summed E-state index contributed by atoms with van der Waals surface area (Å²) in [5, 5.41) is 19.4. The number of nitrogens with zero attached hydrogens (tertiary/aromatic N) is 5. The Morgan fingerprint density at radius 1 is 1.09 bits per heavy atom. The van der Waals surface area contributed by atoms with Crippen LogP contribution in [0.3, 0.4) is 0 Å². The number of hydrogen-bond donors (Lipinski definition) is 1. The molecule has 1 aliphatic carbocycles. The third-order valence-corrected chi connectivity index (χ3v) is 6.68. The molecule has 0 radical (unpaired) electrons. The average Bonchev–Trinajstić information content (AvgIpc) is 3.49. The smallest absolute Gasteiger partial charge is 0.257 e. The molecule has 0 fully saturated rings. The van der Waals surface area contributed by atoms with Gasteiger partial charge in [-0.05, 0) is 67.6 Å². The fourth-order valence-electron chi connectivity index (χ4n) is 4.83. The highest BCUT2D eigenvalue weighted by atomic mass is 35.5. The number of amides is 1. The molecule has 5 aromatic rings. The molecule has 0 atom stereocenters. The molecule has 8 heteroatoms. The van der Waals surface area contributed by atoms with Gasteiger partial charge in [0, 0.05) is 21.5 Å². The number of aromatic nitrogens is 4. The summed E-state index contributed by atoms with van der Waals surface area (Å²) in [6.45, 7) is 2.00. The Hall–Kier alpha value is -4.28. The van der Waals surface area contributed by atoms with Crippen LogP contribution in [0.1, 0.15) is 39.2 Å². The van der Waals surface area contributed by atoms with E-state index in [1.165, 1.54) is 10.9 Å². The first-order valence-electron chi connectivity index (χ1n) is 11.3. The summed E-state index contributed by atoms with van der Waals surface area (Å²) in [5.41, 5.74) is 5.21. The van der Waals surface area contributed by atoms with E-state index in [1.54, 1.807) is 12.1 Å². The summed E-state index contributed by atoms with van der Waals surface area (Å²) >= 11 is 6.28. The maximum atomic E-state index is 13.8. The molecule has 0 unspecified atom stereocenters. The lowest BCUT2D eigenvalue weighted by Gasteiger charge is -2.14. The number of carbonyl (C=O) groups excluding carboxylic acids is 1. The Morgan fingerprint density at radius 2 is 1.91 bits per heavy atom. The summed E-state index contributed by atoms with van der Waals surface area (Å²) in [6.07, 6.45) is 3.97. The van der Waals surface area contributed by atoms with Gasteiger partial charge in [-0.25, -0.2) is 4.98 Å². The number of para-hydroxylation sites is 1. The fourth-order valence-corrected chi connectivity index (χ4v) is 5.00. The molecular weight excluding hydrogens is 460 g/mol. The van der Waals surface area contributed by atoms with E-state index in [-0.39, 0.29) is 17.3 Å². The topological polar surface area (TPSA) is 96.5 Å². The average molecular weight is 479 g/mol. The van der Waals surface area contributed by atoms with Gasteiger partial charge in [0.1, 0.15) is 11.6 Å². The third-order valence-electron chi connectivity index (χ3n) is 6.45. The van der Waals surface area contributed by atoms with Crippen LogP contribution in [-0.2, 0) is 12.8 Å². The summed E-state index contributed by atoms with van der Waals surface area (Å²) < 4.78 is 1.51. The normalized spacial score (nSPS) is 12.6. The molecule has 3 aromatic heterocycles. The van der Waals surface area contributed by atoms with Gasteiger partial charge < -0.3 is 5.32 Å². The first kappa shape index (κ1) is 21.3. The lowest BCUT2D eigenvalue weighted by atomic mass is 10.0. The first-order valence-corrected chi connectivity index (χ1v) is 11.7. The van der Waals surface area contributed by atoms with Crippen LogP contribution in [0.15, 0.2) is 54.7 Å². The molecule has 35 heavy (non-hydrogen) atoms. The number of nitriles is 1. The van der Waals surface area contributed by atoms with Gasteiger partial charge in [-0.3, -0.25) is 9.78 Å². The Kier molecular flexibility index (Phi) is 4.97. The van der Waals surface area contributed by atoms with Crippen LogP contribution in [0, 0.1) is 18.3 Å². The van der Waals surface area contributed by atoms with Crippen molar-refractivity contribution in [2.45, 2.75) is 26.2 Å². The minimum Gasteiger partial charge on any atom is -0.305 e. The van der Waals surface area contributed by atoms with E-state index in [4.69, 9.17) is 21.6 Å². The predicted molar refractivity (Wildman–Crippen MR) is 135 cm³/mol. The molecule has 2 aromatic carbocycles. The van der Waals surface area contributed by atoms with Gasteiger partial charge in [0.2, 0.25) is 0 Å². The van der Waals surface area contributed by atoms with Gasteiger partial charge in [-0.2, -0.15) is 15.0 Å². The quantitative estimate of drug-likeness (QED) is 0.367. The summed E-state index contributed by atoms with van der Waals surface area (Å²) in [6, 6.07) is 17.2. The molecule has 0 aliphatic heterocycles. The minimum absolute atomic E-state index is 0.249. The first-order chi connectivity index (χ1) is 17.0. The second kappa shape index (κ2) is 8.19. The molecular formula is C27H19ClN6O. The third kappa shape index (κ3) is 3.50. The molecule has 1 amide bonds. The van der Waals surface area contributed by atoms with Crippen molar-refractivity contribution in [3.63, 3.8) is 0 Å². The highest BCUT2D eigenvalue weighted by Crippen LogP contribution is 2.32. The molecule has 1 aliphatic rings. The Balaban J connectivity index is 1.49. The van der Waals surface area contributed by atoms with Crippen molar-refractivity contribution >= 4 is 45.1 Å². The molecule has 170 valence electrons. The summed E-state index contributed by atoms with van der Waals surface area (Å²) in [5.74, 6) is 0.470.